The van der Waals surface area contributed by atoms with Crippen molar-refractivity contribution in [2.75, 3.05) is 53.6 Å². The van der Waals surface area contributed by atoms with E-state index in [2.05, 4.69) is 9.80 Å². The van der Waals surface area contributed by atoms with Crippen molar-refractivity contribution in [1.82, 2.24) is 14.1 Å². The van der Waals surface area contributed by atoms with Crippen molar-refractivity contribution >= 4 is 20.0 Å². The molecular formula is C13H30N4O4S2. The summed E-state index contributed by atoms with van der Waals surface area (Å²) in [5, 5.41) is 4.70. The fourth-order valence-corrected chi connectivity index (χ4v) is 4.37. The van der Waals surface area contributed by atoms with Gasteiger partial charge in [0.1, 0.15) is 0 Å². The third-order valence-corrected chi connectivity index (χ3v) is 7.28. The highest BCUT2D eigenvalue weighted by Gasteiger charge is 2.28. The van der Waals surface area contributed by atoms with E-state index in [-0.39, 0.29) is 11.3 Å². The first-order chi connectivity index (χ1) is 10.4. The van der Waals surface area contributed by atoms with Crippen LogP contribution in [-0.2, 0) is 20.0 Å². The second-order valence-corrected chi connectivity index (χ2v) is 10.5. The van der Waals surface area contributed by atoms with E-state index in [1.54, 1.807) is 7.05 Å². The summed E-state index contributed by atoms with van der Waals surface area (Å²) in [7, 11) is -0.632. The van der Waals surface area contributed by atoms with Gasteiger partial charge in [0.25, 0.3) is 0 Å². The van der Waals surface area contributed by atoms with E-state index < -0.39 is 20.0 Å². The van der Waals surface area contributed by atoms with Gasteiger partial charge in [0.05, 0.1) is 11.5 Å². The number of nitrogens with two attached hydrogens (primary N) is 1. The number of nitrogens with zero attached hydrogens (tertiary/aromatic N) is 3. The highest BCUT2D eigenvalue weighted by atomic mass is 32.2. The first kappa shape index (κ1) is 20.8. The Bertz CT molecular complexity index is 571. The van der Waals surface area contributed by atoms with Crippen molar-refractivity contribution < 1.29 is 16.8 Å². The zero-order chi connectivity index (χ0) is 17.8. The predicted octanol–water partition coefficient (Wildman–Crippen LogP) is -1.05. The quantitative estimate of drug-likeness (QED) is 0.680. The summed E-state index contributed by atoms with van der Waals surface area (Å²) in [5.74, 6) is 0. The van der Waals surface area contributed by atoms with Gasteiger partial charge in [-0.15, -0.1) is 0 Å². The first-order valence-electron chi connectivity index (χ1n) is 7.73. The van der Waals surface area contributed by atoms with Gasteiger partial charge >= 0.3 is 0 Å². The van der Waals surface area contributed by atoms with Crippen molar-refractivity contribution in [2.24, 2.45) is 5.14 Å². The molecular weight excluding hydrogens is 340 g/mol. The second kappa shape index (κ2) is 8.21. The third-order valence-electron chi connectivity index (χ3n) is 4.53. The lowest BCUT2D eigenvalue weighted by Gasteiger charge is -2.27. The first-order valence-corrected chi connectivity index (χ1v) is 11.2. The van der Waals surface area contributed by atoms with Gasteiger partial charge in [0.15, 0.2) is 0 Å². The summed E-state index contributed by atoms with van der Waals surface area (Å²) in [4.78, 5) is 4.26. The van der Waals surface area contributed by atoms with Gasteiger partial charge in [-0.2, -0.15) is 0 Å². The van der Waals surface area contributed by atoms with Crippen LogP contribution in [-0.4, -0.2) is 95.8 Å². The minimum Gasteiger partial charge on any atom is -0.306 e. The molecule has 23 heavy (non-hydrogen) atoms. The molecule has 2 rings (SSSR count). The molecule has 2 heterocycles. The minimum absolute atomic E-state index is 0.171. The van der Waals surface area contributed by atoms with E-state index in [0.717, 1.165) is 32.6 Å². The molecule has 8 nitrogen and oxygen atoms in total. The average Bonchev–Trinajstić information content (AvgIpc) is 2.83. The lowest BCUT2D eigenvalue weighted by Crippen LogP contribution is -2.39. The number of primary sulfonamides is 1. The lowest BCUT2D eigenvalue weighted by atomic mass is 10.1. The number of hydrogen-bond donors (Lipinski definition) is 1. The Morgan fingerprint density at radius 1 is 0.957 bits per heavy atom. The average molecular weight is 371 g/mol. The standard InChI is InChI=1S/C7H16N2O2S.C6H14N2O2S/c1-8-5-4-7(6-8)9(2)12(3,10)11;1-8-4-2-6(3-5-8)11(7,9)10/h7H,4-6H2,1-3H3;6H,2-5H2,1H3,(H2,7,9,10). The van der Waals surface area contributed by atoms with Crippen LogP contribution in [0.4, 0.5) is 0 Å². The molecule has 0 aromatic heterocycles. The van der Waals surface area contributed by atoms with E-state index in [9.17, 15) is 16.8 Å². The van der Waals surface area contributed by atoms with E-state index in [1.165, 1.54) is 10.6 Å². The zero-order valence-electron chi connectivity index (χ0n) is 14.5. The molecule has 2 N–H and O–H groups in total. The molecule has 138 valence electrons. The SMILES string of the molecule is CN1CCC(N(C)S(C)(=O)=O)C1.CN1CCC(S(N)(=O)=O)CC1. The summed E-state index contributed by atoms with van der Waals surface area (Å²) >= 11 is 0. The lowest BCUT2D eigenvalue weighted by molar-refractivity contribution is 0.278. The topological polar surface area (TPSA) is 104 Å². The smallest absolute Gasteiger partial charge is 0.212 e. The molecule has 2 fully saturated rings. The molecule has 0 saturated carbocycles. The minimum atomic E-state index is -3.28. The number of rotatable bonds is 3. The molecule has 1 unspecified atom stereocenters. The van der Waals surface area contributed by atoms with Gasteiger partial charge in [0, 0.05) is 19.6 Å². The Balaban J connectivity index is 0.000000231. The Morgan fingerprint density at radius 3 is 1.78 bits per heavy atom. The van der Waals surface area contributed by atoms with Crippen LogP contribution in [0, 0.1) is 0 Å². The van der Waals surface area contributed by atoms with Crippen molar-refractivity contribution in [3.05, 3.63) is 0 Å². The second-order valence-electron chi connectivity index (χ2n) is 6.58. The third kappa shape index (κ3) is 7.02. The van der Waals surface area contributed by atoms with Crippen LogP contribution in [0.2, 0.25) is 0 Å². The van der Waals surface area contributed by atoms with Crippen LogP contribution in [0.3, 0.4) is 0 Å². The number of likely N-dealkylation sites (tertiary alicyclic amines) is 2. The molecule has 2 saturated heterocycles. The Labute approximate surface area is 140 Å². The number of hydrogen-bond acceptors (Lipinski definition) is 6. The van der Waals surface area contributed by atoms with Gasteiger partial charge < -0.3 is 9.80 Å². The molecule has 0 aliphatic carbocycles. The van der Waals surface area contributed by atoms with Crippen LogP contribution in [0.5, 0.6) is 0 Å². The van der Waals surface area contributed by atoms with E-state index >= 15 is 0 Å². The van der Waals surface area contributed by atoms with Gasteiger partial charge in [0.2, 0.25) is 20.0 Å². The maximum Gasteiger partial charge on any atom is 0.212 e. The van der Waals surface area contributed by atoms with Gasteiger partial charge in [-0.1, -0.05) is 0 Å². The molecule has 0 spiro atoms. The highest BCUT2D eigenvalue weighted by molar-refractivity contribution is 7.89. The Hall–Kier alpha value is -0.260. The molecule has 0 amide bonds. The molecule has 0 bridgehead atoms. The van der Waals surface area contributed by atoms with E-state index in [0.29, 0.717) is 12.8 Å². The van der Waals surface area contributed by atoms with Gasteiger partial charge in [-0.05, 0) is 53.0 Å². The Morgan fingerprint density at radius 2 is 1.43 bits per heavy atom. The number of piperidine rings is 1. The molecule has 10 heteroatoms. The van der Waals surface area contributed by atoms with E-state index in [1.807, 2.05) is 14.1 Å². The normalized spacial score (nSPS) is 25.4. The van der Waals surface area contributed by atoms with Crippen molar-refractivity contribution in [2.45, 2.75) is 30.6 Å². The summed E-state index contributed by atoms with van der Waals surface area (Å²) in [6.45, 7) is 3.51. The fourth-order valence-electron chi connectivity index (χ4n) is 2.79. The summed E-state index contributed by atoms with van der Waals surface area (Å²) in [6.07, 6.45) is 3.55. The summed E-state index contributed by atoms with van der Waals surface area (Å²) in [5.41, 5.74) is 0. The zero-order valence-corrected chi connectivity index (χ0v) is 16.1. The molecule has 1 atom stereocenters. The van der Waals surface area contributed by atoms with Crippen LogP contribution in [0.25, 0.3) is 0 Å². The van der Waals surface area contributed by atoms with Crippen LogP contribution in [0.1, 0.15) is 19.3 Å². The van der Waals surface area contributed by atoms with Crippen LogP contribution in [0.15, 0.2) is 0 Å². The van der Waals surface area contributed by atoms with Gasteiger partial charge in [-0.25, -0.2) is 26.3 Å². The van der Waals surface area contributed by atoms with Crippen molar-refractivity contribution in [3.63, 3.8) is 0 Å². The maximum atomic E-state index is 11.1. The monoisotopic (exact) mass is 370 g/mol. The number of sulfonamides is 2. The fraction of sp³-hybridized carbons (Fsp3) is 1.00. The predicted molar refractivity (Wildman–Crippen MR) is 92.1 cm³/mol. The molecule has 0 aromatic rings. The number of likely N-dealkylation sites (N-methyl/N-ethyl adjacent to an activating group) is 2. The largest absolute Gasteiger partial charge is 0.306 e. The molecule has 0 radical (unpaired) electrons. The summed E-state index contributed by atoms with van der Waals surface area (Å²) < 4.78 is 45.4. The van der Waals surface area contributed by atoms with Crippen LogP contribution < -0.4 is 5.14 Å². The van der Waals surface area contributed by atoms with Crippen LogP contribution >= 0.6 is 0 Å². The summed E-state index contributed by atoms with van der Waals surface area (Å²) in [6, 6.07) is 0.171. The van der Waals surface area contributed by atoms with Gasteiger partial charge in [-0.3, -0.25) is 0 Å². The Kier molecular flexibility index (Phi) is 7.42. The van der Waals surface area contributed by atoms with E-state index in [4.69, 9.17) is 5.14 Å². The van der Waals surface area contributed by atoms with Crippen molar-refractivity contribution in [1.29, 1.82) is 0 Å². The highest BCUT2D eigenvalue weighted by Crippen LogP contribution is 2.15. The molecule has 2 aliphatic heterocycles. The molecule has 0 aromatic carbocycles. The van der Waals surface area contributed by atoms with Crippen molar-refractivity contribution in [3.8, 4) is 0 Å². The maximum absolute atomic E-state index is 11.1. The molecule has 2 aliphatic rings.